The Morgan fingerprint density at radius 1 is 1.06 bits per heavy atom. The van der Waals surface area contributed by atoms with Crippen molar-refractivity contribution < 1.29 is 0 Å². The molecule has 1 atom stereocenters. The van der Waals surface area contributed by atoms with Crippen LogP contribution in [0.5, 0.6) is 0 Å². The van der Waals surface area contributed by atoms with E-state index in [1.165, 1.54) is 24.1 Å². The Bertz CT molecular complexity index is 316. The number of benzene rings is 1. The molecule has 0 aliphatic heterocycles. The summed E-state index contributed by atoms with van der Waals surface area (Å²) in [6.45, 7) is 8.82. The molecule has 2 nitrogen and oxygen atoms in total. The van der Waals surface area contributed by atoms with Crippen LogP contribution >= 0.6 is 0 Å². The third-order valence-electron chi connectivity index (χ3n) is 3.10. The number of nitrogens with two attached hydrogens (primary N) is 1. The second-order valence-electron chi connectivity index (χ2n) is 4.56. The van der Waals surface area contributed by atoms with Gasteiger partial charge in [0, 0.05) is 24.8 Å². The van der Waals surface area contributed by atoms with Crippen molar-refractivity contribution in [1.29, 1.82) is 0 Å². The van der Waals surface area contributed by atoms with Crippen molar-refractivity contribution in [3.05, 3.63) is 29.8 Å². The molecule has 96 valence electrons. The minimum Gasteiger partial charge on any atom is -0.371 e. The third-order valence-corrected chi connectivity index (χ3v) is 3.10. The molecule has 2 N–H and O–H groups in total. The van der Waals surface area contributed by atoms with Gasteiger partial charge in [-0.05, 0) is 30.9 Å². The minimum atomic E-state index is 0.155. The van der Waals surface area contributed by atoms with Crippen LogP contribution in [0, 0.1) is 0 Å². The first-order chi connectivity index (χ1) is 8.24. The highest BCUT2D eigenvalue weighted by molar-refractivity contribution is 5.55. The van der Waals surface area contributed by atoms with E-state index in [4.69, 9.17) is 5.73 Å². The van der Waals surface area contributed by atoms with Gasteiger partial charge in [0.15, 0.2) is 0 Å². The molecule has 0 fully saturated rings. The van der Waals surface area contributed by atoms with Gasteiger partial charge in [0.05, 0.1) is 0 Å². The van der Waals surface area contributed by atoms with E-state index in [-0.39, 0.29) is 6.04 Å². The summed E-state index contributed by atoms with van der Waals surface area (Å²) in [6.07, 6.45) is 3.34. The fraction of sp³-hybridized carbons (Fsp3) is 0.600. The van der Waals surface area contributed by atoms with Gasteiger partial charge in [-0.3, -0.25) is 0 Å². The Hall–Kier alpha value is -1.02. The van der Waals surface area contributed by atoms with Crippen LogP contribution in [0.15, 0.2) is 24.3 Å². The Kier molecular flexibility index (Phi) is 6.06. The van der Waals surface area contributed by atoms with Crippen LogP contribution in [0.3, 0.4) is 0 Å². The summed E-state index contributed by atoms with van der Waals surface area (Å²) in [5.41, 5.74) is 8.81. The van der Waals surface area contributed by atoms with Gasteiger partial charge in [0.25, 0.3) is 0 Å². The van der Waals surface area contributed by atoms with Crippen LogP contribution in [-0.4, -0.2) is 13.1 Å². The summed E-state index contributed by atoms with van der Waals surface area (Å²) in [4.78, 5) is 2.46. The summed E-state index contributed by atoms with van der Waals surface area (Å²) < 4.78 is 0. The molecule has 17 heavy (non-hydrogen) atoms. The van der Waals surface area contributed by atoms with E-state index >= 15 is 0 Å². The van der Waals surface area contributed by atoms with E-state index in [0.717, 1.165) is 19.5 Å². The number of anilines is 1. The number of nitrogens with zero attached hydrogens (tertiary/aromatic N) is 1. The molecule has 1 aromatic rings. The molecule has 0 heterocycles. The van der Waals surface area contributed by atoms with E-state index in [1.807, 2.05) is 0 Å². The van der Waals surface area contributed by atoms with Gasteiger partial charge in [0.2, 0.25) is 0 Å². The Morgan fingerprint density at radius 3 is 2.18 bits per heavy atom. The van der Waals surface area contributed by atoms with Crippen molar-refractivity contribution in [2.75, 3.05) is 18.0 Å². The second kappa shape index (κ2) is 7.33. The van der Waals surface area contributed by atoms with Gasteiger partial charge in [-0.15, -0.1) is 0 Å². The average Bonchev–Trinajstić information content (AvgIpc) is 2.37. The number of hydrogen-bond donors (Lipinski definition) is 1. The number of para-hydroxylation sites is 1. The first kappa shape index (κ1) is 14.0. The van der Waals surface area contributed by atoms with E-state index < -0.39 is 0 Å². The van der Waals surface area contributed by atoms with Crippen LogP contribution in [0.2, 0.25) is 0 Å². The lowest BCUT2D eigenvalue weighted by atomic mass is 10.0. The van der Waals surface area contributed by atoms with Gasteiger partial charge in [-0.2, -0.15) is 0 Å². The number of hydrogen-bond acceptors (Lipinski definition) is 2. The molecule has 0 saturated heterocycles. The molecule has 1 unspecified atom stereocenters. The molecule has 0 amide bonds. The van der Waals surface area contributed by atoms with E-state index in [1.54, 1.807) is 0 Å². The molecule has 0 saturated carbocycles. The molecule has 1 aromatic carbocycles. The monoisotopic (exact) mass is 234 g/mol. The normalized spacial score (nSPS) is 12.5. The smallest absolute Gasteiger partial charge is 0.0414 e. The highest BCUT2D eigenvalue weighted by atomic mass is 15.1. The lowest BCUT2D eigenvalue weighted by molar-refractivity contribution is 0.681. The summed E-state index contributed by atoms with van der Waals surface area (Å²) >= 11 is 0. The van der Waals surface area contributed by atoms with E-state index in [2.05, 4.69) is 49.9 Å². The molecule has 0 aliphatic rings. The number of rotatable bonds is 7. The van der Waals surface area contributed by atoms with E-state index in [0.29, 0.717) is 0 Å². The molecule has 0 spiro atoms. The van der Waals surface area contributed by atoms with Crippen LogP contribution in [0.25, 0.3) is 0 Å². The zero-order valence-corrected chi connectivity index (χ0v) is 11.4. The SMILES string of the molecule is CCCN(CCC)c1ccccc1C(N)CC. The summed E-state index contributed by atoms with van der Waals surface area (Å²) in [5, 5.41) is 0. The first-order valence-corrected chi connectivity index (χ1v) is 6.83. The van der Waals surface area contributed by atoms with Crippen molar-refractivity contribution in [2.24, 2.45) is 5.73 Å². The molecule has 0 aliphatic carbocycles. The maximum atomic E-state index is 6.20. The van der Waals surface area contributed by atoms with Crippen LogP contribution in [-0.2, 0) is 0 Å². The van der Waals surface area contributed by atoms with Crippen LogP contribution < -0.4 is 10.6 Å². The summed E-state index contributed by atoms with van der Waals surface area (Å²) in [7, 11) is 0. The Morgan fingerprint density at radius 2 is 1.65 bits per heavy atom. The van der Waals surface area contributed by atoms with E-state index in [9.17, 15) is 0 Å². The maximum Gasteiger partial charge on any atom is 0.0414 e. The standard InChI is InChI=1S/C15H26N2/c1-4-11-17(12-5-2)15-10-8-7-9-13(15)14(16)6-3/h7-10,14H,4-6,11-12,16H2,1-3H3. The largest absolute Gasteiger partial charge is 0.371 e. The summed E-state index contributed by atoms with van der Waals surface area (Å²) in [5.74, 6) is 0. The predicted octanol–water partition coefficient (Wildman–Crippen LogP) is 3.72. The molecule has 1 rings (SSSR count). The topological polar surface area (TPSA) is 29.3 Å². The van der Waals surface area contributed by atoms with Crippen LogP contribution in [0.1, 0.15) is 51.6 Å². The predicted molar refractivity (Wildman–Crippen MR) is 76.5 cm³/mol. The van der Waals surface area contributed by atoms with Crippen LogP contribution in [0.4, 0.5) is 5.69 Å². The highest BCUT2D eigenvalue weighted by Gasteiger charge is 2.13. The Labute approximate surface area is 106 Å². The molecular weight excluding hydrogens is 208 g/mol. The van der Waals surface area contributed by atoms with Crippen molar-refractivity contribution in [3.8, 4) is 0 Å². The van der Waals surface area contributed by atoms with Gasteiger partial charge >= 0.3 is 0 Å². The van der Waals surface area contributed by atoms with Crippen molar-refractivity contribution >= 4 is 5.69 Å². The maximum absolute atomic E-state index is 6.20. The molecule has 2 heteroatoms. The van der Waals surface area contributed by atoms with Gasteiger partial charge < -0.3 is 10.6 Å². The van der Waals surface area contributed by atoms with Gasteiger partial charge in [0.1, 0.15) is 0 Å². The molecule has 0 radical (unpaired) electrons. The molecule has 0 bridgehead atoms. The van der Waals surface area contributed by atoms with Crippen molar-refractivity contribution in [2.45, 2.75) is 46.1 Å². The van der Waals surface area contributed by atoms with Gasteiger partial charge in [-0.25, -0.2) is 0 Å². The fourth-order valence-electron chi connectivity index (χ4n) is 2.20. The zero-order valence-electron chi connectivity index (χ0n) is 11.4. The lowest BCUT2D eigenvalue weighted by Gasteiger charge is -2.28. The van der Waals surface area contributed by atoms with Crippen molar-refractivity contribution in [3.63, 3.8) is 0 Å². The van der Waals surface area contributed by atoms with Gasteiger partial charge in [-0.1, -0.05) is 39.0 Å². The summed E-state index contributed by atoms with van der Waals surface area (Å²) in [6, 6.07) is 8.73. The minimum absolute atomic E-state index is 0.155. The lowest BCUT2D eigenvalue weighted by Crippen LogP contribution is -2.27. The fourth-order valence-corrected chi connectivity index (χ4v) is 2.20. The zero-order chi connectivity index (χ0) is 12.7. The molecular formula is C15H26N2. The average molecular weight is 234 g/mol. The quantitative estimate of drug-likeness (QED) is 0.779. The van der Waals surface area contributed by atoms with Crippen molar-refractivity contribution in [1.82, 2.24) is 0 Å². The second-order valence-corrected chi connectivity index (χ2v) is 4.56. The third kappa shape index (κ3) is 3.74. The Balaban J connectivity index is 2.99. The molecule has 0 aromatic heterocycles. The first-order valence-electron chi connectivity index (χ1n) is 6.83. The highest BCUT2D eigenvalue weighted by Crippen LogP contribution is 2.27.